The Kier molecular flexibility index (Phi) is 3.20. The van der Waals surface area contributed by atoms with Gasteiger partial charge in [0, 0.05) is 0 Å². The average Bonchev–Trinajstić information content (AvgIpc) is 2.70. The molecule has 4 nitrogen and oxygen atoms in total. The highest BCUT2D eigenvalue weighted by Crippen LogP contribution is 2.35. The van der Waals surface area contributed by atoms with Crippen LogP contribution in [-0.2, 0) is 6.18 Å². The molecule has 2 rings (SSSR count). The van der Waals surface area contributed by atoms with E-state index >= 15 is 0 Å². The zero-order chi connectivity index (χ0) is 14.2. The van der Waals surface area contributed by atoms with Gasteiger partial charge < -0.3 is 0 Å². The minimum absolute atomic E-state index is 0.0588. The Morgan fingerprint density at radius 3 is 2.58 bits per heavy atom. The van der Waals surface area contributed by atoms with Gasteiger partial charge in [0.25, 0.3) is 0 Å². The Bertz CT molecular complexity index is 670. The first-order valence-electron chi connectivity index (χ1n) is 5.04. The molecule has 1 heterocycles. The molecule has 0 N–H and O–H groups in total. The van der Waals surface area contributed by atoms with E-state index in [2.05, 4.69) is 10.3 Å². The topological polar surface area (TPSA) is 54.5 Å². The fourth-order valence-corrected chi connectivity index (χ4v) is 1.76. The molecule has 0 atom stereocenters. The highest BCUT2D eigenvalue weighted by atomic mass is 35.5. The Hall–Kier alpha value is -2.07. The van der Waals surface area contributed by atoms with E-state index < -0.39 is 16.8 Å². The SMILES string of the molecule is Cc1c(C#N)nnn1-c1ccc(Cl)c(C(F)(F)F)c1. The van der Waals surface area contributed by atoms with Crippen molar-refractivity contribution in [3.63, 3.8) is 0 Å². The monoisotopic (exact) mass is 286 g/mol. The standard InChI is InChI=1S/C11H6ClF3N4/c1-6-10(5-16)17-18-19(6)7-2-3-9(12)8(4-7)11(13,14)15/h2-4H,1H3. The zero-order valence-electron chi connectivity index (χ0n) is 9.53. The lowest BCUT2D eigenvalue weighted by Crippen LogP contribution is -2.08. The van der Waals surface area contributed by atoms with Gasteiger partial charge >= 0.3 is 6.18 Å². The number of hydrogen-bond acceptors (Lipinski definition) is 3. The van der Waals surface area contributed by atoms with E-state index in [1.807, 2.05) is 0 Å². The summed E-state index contributed by atoms with van der Waals surface area (Å²) in [6.07, 6.45) is -4.56. The molecule has 2 aromatic rings. The fraction of sp³-hybridized carbons (Fsp3) is 0.182. The molecule has 0 unspecified atom stereocenters. The lowest BCUT2D eigenvalue weighted by atomic mass is 10.2. The molecular weight excluding hydrogens is 281 g/mol. The number of nitrogens with zero attached hydrogens (tertiary/aromatic N) is 4. The molecule has 0 saturated carbocycles. The Labute approximate surface area is 111 Å². The first-order chi connectivity index (χ1) is 8.84. The number of hydrogen-bond donors (Lipinski definition) is 0. The van der Waals surface area contributed by atoms with Crippen molar-refractivity contribution in [2.24, 2.45) is 0 Å². The van der Waals surface area contributed by atoms with E-state index in [-0.39, 0.29) is 11.4 Å². The van der Waals surface area contributed by atoms with Crippen molar-refractivity contribution < 1.29 is 13.2 Å². The Balaban J connectivity index is 2.59. The summed E-state index contributed by atoms with van der Waals surface area (Å²) < 4.78 is 39.4. The van der Waals surface area contributed by atoms with Crippen LogP contribution in [0.25, 0.3) is 5.69 Å². The van der Waals surface area contributed by atoms with Crippen LogP contribution < -0.4 is 0 Å². The number of alkyl halides is 3. The molecule has 0 saturated heterocycles. The first-order valence-corrected chi connectivity index (χ1v) is 5.42. The van der Waals surface area contributed by atoms with Crippen LogP contribution in [0.15, 0.2) is 18.2 Å². The molecule has 0 amide bonds. The summed E-state index contributed by atoms with van der Waals surface area (Å²) in [6.45, 7) is 1.54. The number of rotatable bonds is 1. The molecule has 0 aliphatic carbocycles. The van der Waals surface area contributed by atoms with E-state index in [9.17, 15) is 13.2 Å². The van der Waals surface area contributed by atoms with Crippen LogP contribution in [0, 0.1) is 18.3 Å². The summed E-state index contributed by atoms with van der Waals surface area (Å²) >= 11 is 5.52. The van der Waals surface area contributed by atoms with Crippen LogP contribution in [-0.4, -0.2) is 15.0 Å². The lowest BCUT2D eigenvalue weighted by Gasteiger charge is -2.11. The van der Waals surface area contributed by atoms with Gasteiger partial charge in [-0.05, 0) is 25.1 Å². The predicted molar refractivity (Wildman–Crippen MR) is 60.8 cm³/mol. The largest absolute Gasteiger partial charge is 0.417 e. The van der Waals surface area contributed by atoms with Crippen molar-refractivity contribution >= 4 is 11.6 Å². The number of halogens is 4. The molecule has 98 valence electrons. The summed E-state index contributed by atoms with van der Waals surface area (Å²) in [4.78, 5) is 0. The summed E-state index contributed by atoms with van der Waals surface area (Å²) in [5, 5.41) is 15.6. The third-order valence-corrected chi connectivity index (χ3v) is 2.83. The molecule has 0 aliphatic rings. The normalized spacial score (nSPS) is 11.4. The number of nitriles is 1. The van der Waals surface area contributed by atoms with Crippen LogP contribution in [0.4, 0.5) is 13.2 Å². The van der Waals surface area contributed by atoms with E-state index in [0.717, 1.165) is 16.8 Å². The highest BCUT2D eigenvalue weighted by Gasteiger charge is 2.33. The van der Waals surface area contributed by atoms with Crippen LogP contribution >= 0.6 is 11.6 Å². The molecule has 19 heavy (non-hydrogen) atoms. The molecule has 0 spiro atoms. The molecule has 0 aliphatic heterocycles. The van der Waals surface area contributed by atoms with E-state index in [1.165, 1.54) is 6.07 Å². The molecule has 0 radical (unpaired) electrons. The van der Waals surface area contributed by atoms with Gasteiger partial charge in [-0.2, -0.15) is 18.4 Å². The van der Waals surface area contributed by atoms with Crippen LogP contribution in [0.2, 0.25) is 5.02 Å². The van der Waals surface area contributed by atoms with Crippen LogP contribution in [0.1, 0.15) is 17.0 Å². The van der Waals surface area contributed by atoms with Crippen LogP contribution in [0.3, 0.4) is 0 Å². The number of aromatic nitrogens is 3. The molecule has 1 aromatic carbocycles. The summed E-state index contributed by atoms with van der Waals surface area (Å²) in [6, 6.07) is 5.17. The van der Waals surface area contributed by atoms with Gasteiger partial charge in [-0.3, -0.25) is 0 Å². The molecule has 1 aromatic heterocycles. The van der Waals surface area contributed by atoms with E-state index in [0.29, 0.717) is 5.69 Å². The van der Waals surface area contributed by atoms with E-state index in [1.54, 1.807) is 13.0 Å². The average molecular weight is 287 g/mol. The fourth-order valence-electron chi connectivity index (χ4n) is 1.54. The summed E-state index contributed by atoms with van der Waals surface area (Å²) in [7, 11) is 0. The van der Waals surface area contributed by atoms with Gasteiger partial charge in [-0.15, -0.1) is 5.10 Å². The van der Waals surface area contributed by atoms with Gasteiger partial charge in [0.1, 0.15) is 6.07 Å². The van der Waals surface area contributed by atoms with Gasteiger partial charge in [0.05, 0.1) is 22.0 Å². The third kappa shape index (κ3) is 2.39. The van der Waals surface area contributed by atoms with Gasteiger partial charge in [0.2, 0.25) is 0 Å². The minimum atomic E-state index is -4.56. The maximum atomic E-state index is 12.7. The summed E-state index contributed by atoms with van der Waals surface area (Å²) in [5.41, 5.74) is -0.398. The quantitative estimate of drug-likeness (QED) is 0.809. The van der Waals surface area contributed by atoms with Crippen LogP contribution in [0.5, 0.6) is 0 Å². The predicted octanol–water partition coefficient (Wildman–Crippen LogP) is 3.12. The van der Waals surface area contributed by atoms with Crippen molar-refractivity contribution in [1.29, 1.82) is 5.26 Å². The smallest absolute Gasteiger partial charge is 0.216 e. The molecule has 0 fully saturated rings. The van der Waals surface area contributed by atoms with E-state index in [4.69, 9.17) is 16.9 Å². The second kappa shape index (κ2) is 4.55. The third-order valence-electron chi connectivity index (χ3n) is 2.50. The van der Waals surface area contributed by atoms with Crippen molar-refractivity contribution in [3.05, 3.63) is 40.2 Å². The minimum Gasteiger partial charge on any atom is -0.216 e. The second-order valence-corrected chi connectivity index (χ2v) is 4.12. The Morgan fingerprint density at radius 2 is 2.05 bits per heavy atom. The van der Waals surface area contributed by atoms with Crippen molar-refractivity contribution in [1.82, 2.24) is 15.0 Å². The maximum Gasteiger partial charge on any atom is 0.417 e. The maximum absolute atomic E-state index is 12.7. The Morgan fingerprint density at radius 1 is 1.37 bits per heavy atom. The summed E-state index contributed by atoms with van der Waals surface area (Å²) in [5.74, 6) is 0. The highest BCUT2D eigenvalue weighted by molar-refractivity contribution is 6.31. The van der Waals surface area contributed by atoms with Gasteiger partial charge in [0.15, 0.2) is 5.69 Å². The van der Waals surface area contributed by atoms with Crippen molar-refractivity contribution in [3.8, 4) is 11.8 Å². The number of benzene rings is 1. The zero-order valence-corrected chi connectivity index (χ0v) is 10.3. The van der Waals surface area contributed by atoms with Gasteiger partial charge in [-0.25, -0.2) is 4.68 Å². The van der Waals surface area contributed by atoms with Crippen molar-refractivity contribution in [2.45, 2.75) is 13.1 Å². The van der Waals surface area contributed by atoms with Gasteiger partial charge in [-0.1, -0.05) is 16.8 Å². The van der Waals surface area contributed by atoms with Crippen molar-refractivity contribution in [2.75, 3.05) is 0 Å². The molecular formula is C11H6ClF3N4. The molecule has 8 heteroatoms. The second-order valence-electron chi connectivity index (χ2n) is 3.71. The first kappa shape index (κ1) is 13.4. The molecule has 0 bridgehead atoms. The lowest BCUT2D eigenvalue weighted by molar-refractivity contribution is -0.137.